The molecule has 7 aliphatic rings. The molecule has 0 amide bonds. The summed E-state index contributed by atoms with van der Waals surface area (Å²) in [5.74, 6) is 5.03. The summed E-state index contributed by atoms with van der Waals surface area (Å²) in [6, 6.07) is 9.69. The number of hydrogen-bond acceptors (Lipinski definition) is 5. The van der Waals surface area contributed by atoms with Crippen LogP contribution in [0.1, 0.15) is 150 Å². The van der Waals surface area contributed by atoms with Gasteiger partial charge in [0.05, 0.1) is 16.9 Å². The molecule has 10 atom stereocenters. The standard InChI is InChI=1S/C51H76FNO4S/c1-35(2)39-17-27-51(53-30-20-36-21-31-58(55,56)32-22-36)29-28-48(6)41(44(39)51)13-14-43-47(5)23-18-40(46(3,4)42(47)19-24-49(43,48)7)38-15-25-50(34-52,26-16-38)45(54)57-33-37-11-9-8-10-12-37/h8-12,15,18,35-36,39,41-44,53H,13-14,16-17,19-34H2,1-7H3/t39-,41+,42-,43+,44+,47-,48+,49+,50-,51-/m0/s1. The maximum Gasteiger partial charge on any atom is 0.315 e. The van der Waals surface area contributed by atoms with Crippen LogP contribution in [0.15, 0.2) is 53.6 Å². The average molecular weight is 818 g/mol. The number of carbonyl (C=O) groups is 1. The van der Waals surface area contributed by atoms with E-state index in [-0.39, 0.29) is 28.4 Å². The van der Waals surface area contributed by atoms with Crippen LogP contribution in [0.25, 0.3) is 0 Å². The van der Waals surface area contributed by atoms with Gasteiger partial charge < -0.3 is 10.1 Å². The van der Waals surface area contributed by atoms with Crippen LogP contribution in [0.2, 0.25) is 0 Å². The fraction of sp³-hybridized carbons (Fsp3) is 0.784. The lowest BCUT2D eigenvalue weighted by molar-refractivity contribution is -0.223. The zero-order chi connectivity index (χ0) is 41.4. The van der Waals surface area contributed by atoms with Gasteiger partial charge in [-0.05, 0) is 183 Å². The molecule has 1 aromatic rings. The van der Waals surface area contributed by atoms with Gasteiger partial charge in [0.2, 0.25) is 0 Å². The second-order valence-corrected chi connectivity index (χ2v) is 24.9. The predicted molar refractivity (Wildman–Crippen MR) is 233 cm³/mol. The zero-order valence-electron chi connectivity index (χ0n) is 37.1. The highest BCUT2D eigenvalue weighted by Gasteiger charge is 2.70. The predicted octanol–water partition coefficient (Wildman–Crippen LogP) is 11.6. The number of allylic oxidation sites excluding steroid dienone is 4. The third-order valence-corrected chi connectivity index (χ3v) is 21.2. The highest BCUT2D eigenvalue weighted by molar-refractivity contribution is 7.91. The Morgan fingerprint density at radius 1 is 0.845 bits per heavy atom. The van der Waals surface area contributed by atoms with Gasteiger partial charge in [0.15, 0.2) is 0 Å². The Bertz CT molecular complexity index is 1860. The average Bonchev–Trinajstić information content (AvgIpc) is 3.58. The molecule has 8 rings (SSSR count). The van der Waals surface area contributed by atoms with Gasteiger partial charge in [-0.3, -0.25) is 4.79 Å². The number of benzene rings is 1. The van der Waals surface area contributed by atoms with E-state index in [9.17, 15) is 17.6 Å². The van der Waals surface area contributed by atoms with Gasteiger partial charge in [0.25, 0.3) is 0 Å². The van der Waals surface area contributed by atoms with Crippen molar-refractivity contribution in [3.63, 3.8) is 0 Å². The molecule has 4 saturated carbocycles. The molecule has 322 valence electrons. The smallest absolute Gasteiger partial charge is 0.315 e. The van der Waals surface area contributed by atoms with Crippen LogP contribution in [0, 0.1) is 68.5 Å². The Kier molecular flexibility index (Phi) is 11.4. The lowest BCUT2D eigenvalue weighted by Gasteiger charge is -2.72. The topological polar surface area (TPSA) is 72.5 Å². The number of fused-ring (bicyclic) bond motifs is 7. The minimum Gasteiger partial charge on any atom is -0.460 e. The number of sulfone groups is 1. The molecule has 58 heavy (non-hydrogen) atoms. The van der Waals surface area contributed by atoms with Crippen molar-refractivity contribution in [3.05, 3.63) is 59.2 Å². The van der Waals surface area contributed by atoms with Crippen molar-refractivity contribution in [1.82, 2.24) is 5.32 Å². The van der Waals surface area contributed by atoms with Gasteiger partial charge in [-0.15, -0.1) is 0 Å². The van der Waals surface area contributed by atoms with Crippen LogP contribution in [0.4, 0.5) is 4.39 Å². The summed E-state index contributed by atoms with van der Waals surface area (Å²) < 4.78 is 44.7. The number of rotatable bonds is 10. The fourth-order valence-corrected chi connectivity index (χ4v) is 17.6. The fourth-order valence-electron chi connectivity index (χ4n) is 16.0. The van der Waals surface area contributed by atoms with Crippen LogP contribution >= 0.6 is 0 Å². The second-order valence-electron chi connectivity index (χ2n) is 22.6. The molecule has 1 aromatic carbocycles. The molecular formula is C51H76FNO4S. The van der Waals surface area contributed by atoms with Crippen molar-refractivity contribution in [2.75, 3.05) is 24.7 Å². The van der Waals surface area contributed by atoms with Crippen LogP contribution in [-0.2, 0) is 26.0 Å². The molecule has 0 unspecified atom stereocenters. The molecule has 1 heterocycles. The third-order valence-electron chi connectivity index (χ3n) is 19.5. The molecule has 0 aromatic heterocycles. The molecule has 0 bridgehead atoms. The molecule has 0 radical (unpaired) electrons. The minimum absolute atomic E-state index is 0.00377. The minimum atomic E-state index is -2.82. The van der Waals surface area contributed by atoms with Crippen molar-refractivity contribution in [2.24, 2.45) is 68.5 Å². The number of ether oxygens (including phenoxy) is 1. The Morgan fingerprint density at radius 3 is 2.26 bits per heavy atom. The lowest BCUT2D eigenvalue weighted by Crippen LogP contribution is -2.68. The number of hydrogen-bond donors (Lipinski definition) is 1. The molecule has 7 heteroatoms. The van der Waals surface area contributed by atoms with E-state index in [4.69, 9.17) is 4.74 Å². The van der Waals surface area contributed by atoms with Gasteiger partial charge in [-0.1, -0.05) is 91.0 Å². The van der Waals surface area contributed by atoms with E-state index in [0.29, 0.717) is 59.4 Å². The lowest BCUT2D eigenvalue weighted by atomic mass is 9.32. The number of carbonyl (C=O) groups excluding carboxylic acids is 1. The van der Waals surface area contributed by atoms with Crippen LogP contribution in [0.3, 0.4) is 0 Å². The maximum absolute atomic E-state index is 14.8. The van der Waals surface area contributed by atoms with E-state index in [1.165, 1.54) is 62.5 Å². The summed E-state index contributed by atoms with van der Waals surface area (Å²) in [5, 5.41) is 4.30. The number of nitrogens with one attached hydrogen (secondary N) is 1. The Morgan fingerprint density at radius 2 is 1.59 bits per heavy atom. The van der Waals surface area contributed by atoms with Crippen molar-refractivity contribution in [1.29, 1.82) is 0 Å². The first kappa shape index (κ1) is 42.7. The van der Waals surface area contributed by atoms with Crippen molar-refractivity contribution >= 4 is 15.8 Å². The van der Waals surface area contributed by atoms with Crippen molar-refractivity contribution in [3.8, 4) is 0 Å². The van der Waals surface area contributed by atoms with E-state index >= 15 is 0 Å². The molecule has 5 nitrogen and oxygen atoms in total. The highest BCUT2D eigenvalue weighted by atomic mass is 32.2. The van der Waals surface area contributed by atoms with E-state index in [2.05, 4.69) is 65.9 Å². The van der Waals surface area contributed by atoms with Crippen molar-refractivity contribution < 1.29 is 22.3 Å². The quantitative estimate of drug-likeness (QED) is 0.238. The summed E-state index contributed by atoms with van der Waals surface area (Å²) in [6.45, 7) is 18.7. The summed E-state index contributed by atoms with van der Waals surface area (Å²) in [7, 11) is -2.82. The van der Waals surface area contributed by atoms with Crippen LogP contribution in [-0.4, -0.2) is 44.7 Å². The number of halogens is 1. The number of esters is 1. The molecular weight excluding hydrogens is 742 g/mol. The van der Waals surface area contributed by atoms with E-state index in [1.54, 1.807) is 0 Å². The molecule has 5 fully saturated rings. The van der Waals surface area contributed by atoms with E-state index in [0.717, 1.165) is 56.0 Å². The Balaban J connectivity index is 0.994. The van der Waals surface area contributed by atoms with Gasteiger partial charge >= 0.3 is 5.97 Å². The first-order valence-electron chi connectivity index (χ1n) is 23.6. The third kappa shape index (κ3) is 6.93. The zero-order valence-corrected chi connectivity index (χ0v) is 38.0. The second kappa shape index (κ2) is 15.4. The Hall–Kier alpha value is -1.99. The van der Waals surface area contributed by atoms with E-state index in [1.807, 2.05) is 30.3 Å². The van der Waals surface area contributed by atoms with Crippen LogP contribution < -0.4 is 5.32 Å². The SMILES string of the molecule is CC(C)[C@@H]1CC[C@]2(NCCC3CCS(=O)(=O)CC3)CC[C@]3(C)[C@H](CC[C@@H]4[C@@]5(C)CC=C(C6=CC[C@](CF)(C(=O)OCc7ccccc7)CC6)C(C)(C)[C@@H]5CC[C@]43C)[C@@H]12. The monoisotopic (exact) mass is 818 g/mol. The van der Waals surface area contributed by atoms with Gasteiger partial charge in [-0.2, -0.15) is 0 Å². The largest absolute Gasteiger partial charge is 0.460 e. The molecule has 1 saturated heterocycles. The molecule has 0 spiro atoms. The first-order chi connectivity index (χ1) is 27.4. The molecule has 1 aliphatic heterocycles. The molecule has 1 N–H and O–H groups in total. The van der Waals surface area contributed by atoms with Gasteiger partial charge in [-0.25, -0.2) is 12.8 Å². The normalized spacial score (nSPS) is 42.0. The maximum atomic E-state index is 14.8. The number of alkyl halides is 1. The van der Waals surface area contributed by atoms with Gasteiger partial charge in [0, 0.05) is 5.54 Å². The summed E-state index contributed by atoms with van der Waals surface area (Å²) in [5.41, 5.74) is 3.67. The summed E-state index contributed by atoms with van der Waals surface area (Å²) >= 11 is 0. The molecule has 6 aliphatic carbocycles. The van der Waals surface area contributed by atoms with Crippen molar-refractivity contribution in [2.45, 2.75) is 157 Å². The van der Waals surface area contributed by atoms with Gasteiger partial charge in [0.1, 0.15) is 23.1 Å². The highest BCUT2D eigenvalue weighted by Crippen LogP contribution is 2.76. The summed E-state index contributed by atoms with van der Waals surface area (Å²) in [6.07, 6.45) is 20.8. The van der Waals surface area contributed by atoms with E-state index < -0.39 is 27.9 Å². The Labute approximate surface area is 351 Å². The van der Waals surface area contributed by atoms with Crippen LogP contribution in [0.5, 0.6) is 0 Å². The first-order valence-corrected chi connectivity index (χ1v) is 25.4. The summed E-state index contributed by atoms with van der Waals surface area (Å²) in [4.78, 5) is 13.4.